The zero-order valence-corrected chi connectivity index (χ0v) is 9.84. The van der Waals surface area contributed by atoms with Gasteiger partial charge in [-0.25, -0.2) is 4.79 Å². The van der Waals surface area contributed by atoms with Gasteiger partial charge in [0.05, 0.1) is 5.56 Å². The van der Waals surface area contributed by atoms with Crippen LogP contribution in [0, 0.1) is 12.8 Å². The van der Waals surface area contributed by atoms with E-state index in [1.54, 1.807) is 13.0 Å². The van der Waals surface area contributed by atoms with Crippen LogP contribution < -0.4 is 0 Å². The molecule has 2 unspecified atom stereocenters. The van der Waals surface area contributed by atoms with Crippen molar-refractivity contribution in [1.82, 2.24) is 4.90 Å². The molecule has 1 N–H and O–H groups in total. The van der Waals surface area contributed by atoms with Gasteiger partial charge >= 0.3 is 5.97 Å². The maximum atomic E-state index is 12.1. The van der Waals surface area contributed by atoms with Crippen LogP contribution in [0.2, 0.25) is 0 Å². The number of amides is 1. The molecular formula is C12H15NO4. The van der Waals surface area contributed by atoms with Gasteiger partial charge in [0.2, 0.25) is 0 Å². The highest BCUT2D eigenvalue weighted by Gasteiger charge is 2.39. The number of nitrogens with zero attached hydrogens (tertiary/aromatic N) is 1. The Morgan fingerprint density at radius 1 is 1.53 bits per heavy atom. The van der Waals surface area contributed by atoms with Gasteiger partial charge < -0.3 is 14.4 Å². The zero-order valence-electron chi connectivity index (χ0n) is 9.84. The van der Waals surface area contributed by atoms with Crippen molar-refractivity contribution in [3.05, 3.63) is 23.7 Å². The topological polar surface area (TPSA) is 70.8 Å². The maximum Gasteiger partial charge on any atom is 0.326 e. The van der Waals surface area contributed by atoms with E-state index in [1.165, 1.54) is 11.2 Å². The van der Waals surface area contributed by atoms with Crippen LogP contribution >= 0.6 is 0 Å². The van der Waals surface area contributed by atoms with E-state index in [4.69, 9.17) is 9.52 Å². The Morgan fingerprint density at radius 2 is 2.24 bits per heavy atom. The summed E-state index contributed by atoms with van der Waals surface area (Å²) < 4.78 is 5.07. The molecule has 1 aromatic heterocycles. The van der Waals surface area contributed by atoms with Gasteiger partial charge in [0.25, 0.3) is 5.91 Å². The van der Waals surface area contributed by atoms with Gasteiger partial charge in [0, 0.05) is 6.54 Å². The van der Waals surface area contributed by atoms with Gasteiger partial charge in [0.1, 0.15) is 18.1 Å². The van der Waals surface area contributed by atoms with Gasteiger partial charge in [-0.3, -0.25) is 4.79 Å². The fraction of sp³-hybridized carbons (Fsp3) is 0.500. The van der Waals surface area contributed by atoms with Crippen LogP contribution in [0.4, 0.5) is 0 Å². The van der Waals surface area contributed by atoms with Crippen molar-refractivity contribution in [2.24, 2.45) is 5.92 Å². The van der Waals surface area contributed by atoms with Crippen LogP contribution in [0.5, 0.6) is 0 Å². The van der Waals surface area contributed by atoms with E-state index in [1.807, 2.05) is 6.92 Å². The highest BCUT2D eigenvalue weighted by atomic mass is 16.4. The molecule has 5 nitrogen and oxygen atoms in total. The van der Waals surface area contributed by atoms with Crippen molar-refractivity contribution in [2.75, 3.05) is 6.54 Å². The summed E-state index contributed by atoms with van der Waals surface area (Å²) in [6.45, 7) is 4.09. The first kappa shape index (κ1) is 11.7. The summed E-state index contributed by atoms with van der Waals surface area (Å²) in [7, 11) is 0. The largest absolute Gasteiger partial charge is 0.480 e. The van der Waals surface area contributed by atoms with Gasteiger partial charge in [-0.2, -0.15) is 0 Å². The van der Waals surface area contributed by atoms with Crippen molar-refractivity contribution in [3.63, 3.8) is 0 Å². The number of carbonyl (C=O) groups is 2. The van der Waals surface area contributed by atoms with Crippen LogP contribution in [0.3, 0.4) is 0 Å². The maximum absolute atomic E-state index is 12.1. The Bertz CT molecular complexity index is 451. The van der Waals surface area contributed by atoms with Crippen LogP contribution in [0.25, 0.3) is 0 Å². The quantitative estimate of drug-likeness (QED) is 0.846. The molecule has 0 aromatic carbocycles. The Morgan fingerprint density at radius 3 is 2.76 bits per heavy atom. The van der Waals surface area contributed by atoms with Gasteiger partial charge in [-0.05, 0) is 25.3 Å². The number of hydrogen-bond acceptors (Lipinski definition) is 3. The molecule has 1 aliphatic rings. The van der Waals surface area contributed by atoms with Crippen LogP contribution in [-0.2, 0) is 4.79 Å². The molecule has 2 atom stereocenters. The number of furan rings is 1. The third-order valence-electron chi connectivity index (χ3n) is 3.19. The van der Waals surface area contributed by atoms with E-state index >= 15 is 0 Å². The molecule has 0 bridgehead atoms. The van der Waals surface area contributed by atoms with Crippen molar-refractivity contribution in [3.8, 4) is 0 Å². The third kappa shape index (κ3) is 2.05. The smallest absolute Gasteiger partial charge is 0.326 e. The molecular weight excluding hydrogens is 222 g/mol. The Hall–Kier alpha value is -1.78. The van der Waals surface area contributed by atoms with Gasteiger partial charge in [-0.1, -0.05) is 6.92 Å². The monoisotopic (exact) mass is 237 g/mol. The SMILES string of the molecule is Cc1cc(C(=O)N2CCC(C)C2C(=O)O)co1. The van der Waals surface area contributed by atoms with E-state index < -0.39 is 12.0 Å². The minimum Gasteiger partial charge on any atom is -0.480 e. The van der Waals surface area contributed by atoms with E-state index in [0.717, 1.165) is 6.42 Å². The van der Waals surface area contributed by atoms with Crippen molar-refractivity contribution in [2.45, 2.75) is 26.3 Å². The Balaban J connectivity index is 2.22. The fourth-order valence-corrected chi connectivity index (χ4v) is 2.27. The van der Waals surface area contributed by atoms with Crippen molar-refractivity contribution >= 4 is 11.9 Å². The molecule has 2 rings (SSSR count). The lowest BCUT2D eigenvalue weighted by atomic mass is 10.0. The summed E-state index contributed by atoms with van der Waals surface area (Å²) in [6, 6.07) is 0.905. The third-order valence-corrected chi connectivity index (χ3v) is 3.19. The molecule has 0 radical (unpaired) electrons. The Labute approximate surface area is 99.0 Å². The summed E-state index contributed by atoms with van der Waals surface area (Å²) in [5.41, 5.74) is 0.419. The molecule has 0 saturated carbocycles. The van der Waals surface area contributed by atoms with Crippen LogP contribution in [-0.4, -0.2) is 34.5 Å². The average molecular weight is 237 g/mol. The number of aryl methyl sites for hydroxylation is 1. The second-order valence-corrected chi connectivity index (χ2v) is 4.49. The molecule has 1 fully saturated rings. The van der Waals surface area contributed by atoms with Gasteiger partial charge in [-0.15, -0.1) is 0 Å². The lowest BCUT2D eigenvalue weighted by Gasteiger charge is -2.22. The first-order chi connectivity index (χ1) is 8.00. The lowest BCUT2D eigenvalue weighted by Crippen LogP contribution is -2.42. The highest BCUT2D eigenvalue weighted by Crippen LogP contribution is 2.26. The number of carboxylic acids is 1. The van der Waals surface area contributed by atoms with Gasteiger partial charge in [0.15, 0.2) is 0 Å². The molecule has 1 aromatic rings. The highest BCUT2D eigenvalue weighted by molar-refractivity contribution is 5.96. The molecule has 2 heterocycles. The summed E-state index contributed by atoms with van der Waals surface area (Å²) in [5, 5.41) is 9.14. The number of carboxylic acid groups (broad SMARTS) is 1. The molecule has 0 spiro atoms. The lowest BCUT2D eigenvalue weighted by molar-refractivity contribution is -0.142. The predicted octanol–water partition coefficient (Wildman–Crippen LogP) is 1.52. The molecule has 1 saturated heterocycles. The Kier molecular flexibility index (Phi) is 2.92. The number of carbonyl (C=O) groups excluding carboxylic acids is 1. The van der Waals surface area contributed by atoms with E-state index in [0.29, 0.717) is 17.9 Å². The molecule has 5 heteroatoms. The summed E-state index contributed by atoms with van der Waals surface area (Å²) in [4.78, 5) is 24.7. The fourth-order valence-electron chi connectivity index (χ4n) is 2.27. The normalized spacial score (nSPS) is 24.0. The number of aliphatic carboxylic acids is 1. The van der Waals surface area contributed by atoms with E-state index in [9.17, 15) is 9.59 Å². The molecule has 92 valence electrons. The van der Waals surface area contributed by atoms with Crippen LogP contribution in [0.1, 0.15) is 29.5 Å². The summed E-state index contributed by atoms with van der Waals surface area (Å²) >= 11 is 0. The molecule has 0 aliphatic carbocycles. The molecule has 17 heavy (non-hydrogen) atoms. The number of rotatable bonds is 2. The first-order valence-electron chi connectivity index (χ1n) is 5.59. The van der Waals surface area contributed by atoms with Crippen molar-refractivity contribution < 1.29 is 19.1 Å². The molecule has 1 amide bonds. The predicted molar refractivity (Wildman–Crippen MR) is 59.7 cm³/mol. The minimum atomic E-state index is -0.941. The summed E-state index contributed by atoms with van der Waals surface area (Å²) in [5.74, 6) is -0.570. The number of hydrogen-bond donors (Lipinski definition) is 1. The van der Waals surface area contributed by atoms with E-state index in [-0.39, 0.29) is 11.8 Å². The average Bonchev–Trinajstić information content (AvgIpc) is 2.83. The summed E-state index contributed by atoms with van der Waals surface area (Å²) in [6.07, 6.45) is 2.10. The number of likely N-dealkylation sites (tertiary alicyclic amines) is 1. The standard InChI is InChI=1S/C12H15NO4/c1-7-3-4-13(10(7)12(15)16)11(14)9-5-8(2)17-6-9/h5-7,10H,3-4H2,1-2H3,(H,15,16). The van der Waals surface area contributed by atoms with Crippen molar-refractivity contribution in [1.29, 1.82) is 0 Å². The first-order valence-corrected chi connectivity index (χ1v) is 5.59. The second-order valence-electron chi connectivity index (χ2n) is 4.49. The van der Waals surface area contributed by atoms with Crippen LogP contribution in [0.15, 0.2) is 16.7 Å². The zero-order chi connectivity index (χ0) is 12.6. The second kappa shape index (κ2) is 4.24. The van der Waals surface area contributed by atoms with E-state index in [2.05, 4.69) is 0 Å². The minimum absolute atomic E-state index is 0.00977. The molecule has 1 aliphatic heterocycles.